The average Bonchev–Trinajstić information content (AvgIpc) is 2.45. The number of hydrogen-bond acceptors (Lipinski definition) is 5. The van der Waals surface area contributed by atoms with Gasteiger partial charge in [0.05, 0.1) is 7.11 Å². The van der Waals surface area contributed by atoms with Crippen molar-refractivity contribution in [1.82, 2.24) is 9.97 Å². The predicted molar refractivity (Wildman–Crippen MR) is 81.7 cm³/mol. The second-order valence-electron chi connectivity index (χ2n) is 4.61. The van der Waals surface area contributed by atoms with E-state index in [0.717, 1.165) is 5.56 Å². The van der Waals surface area contributed by atoms with E-state index in [9.17, 15) is 9.59 Å². The van der Waals surface area contributed by atoms with E-state index in [1.54, 1.807) is 6.92 Å². The molecule has 5 nitrogen and oxygen atoms in total. The van der Waals surface area contributed by atoms with E-state index in [1.807, 2.05) is 31.2 Å². The molecule has 1 heterocycles. The van der Waals surface area contributed by atoms with E-state index < -0.39 is 11.7 Å². The summed E-state index contributed by atoms with van der Waals surface area (Å²) in [4.78, 5) is 29.7. The monoisotopic (exact) mass is 304 g/mol. The Morgan fingerprint density at radius 1 is 1.29 bits per heavy atom. The van der Waals surface area contributed by atoms with Crippen LogP contribution in [-0.4, -0.2) is 23.0 Å². The Hall–Kier alpha value is -2.08. The third-order valence-corrected chi connectivity index (χ3v) is 4.02. The molecule has 1 aromatic heterocycles. The van der Waals surface area contributed by atoms with Crippen molar-refractivity contribution in [2.45, 2.75) is 24.6 Å². The van der Waals surface area contributed by atoms with Crippen LogP contribution >= 0.6 is 11.8 Å². The lowest BCUT2D eigenvalue weighted by molar-refractivity contribution is 0.0594. The molecule has 0 aliphatic heterocycles. The quantitative estimate of drug-likeness (QED) is 0.534. The lowest BCUT2D eigenvalue weighted by Crippen LogP contribution is -2.19. The average molecular weight is 304 g/mol. The number of aryl methyl sites for hydroxylation is 2. The van der Waals surface area contributed by atoms with Crippen molar-refractivity contribution in [2.75, 3.05) is 7.11 Å². The summed E-state index contributed by atoms with van der Waals surface area (Å²) < 4.78 is 4.75. The zero-order chi connectivity index (χ0) is 15.4. The summed E-state index contributed by atoms with van der Waals surface area (Å²) in [5, 5.41) is 0.392. The van der Waals surface area contributed by atoms with E-state index in [2.05, 4.69) is 9.97 Å². The Morgan fingerprint density at radius 3 is 2.57 bits per heavy atom. The molecule has 0 spiro atoms. The molecule has 1 N–H and O–H groups in total. The first-order valence-corrected chi connectivity index (χ1v) is 7.37. The summed E-state index contributed by atoms with van der Waals surface area (Å²) in [6.45, 7) is 3.68. The fourth-order valence-electron chi connectivity index (χ4n) is 1.84. The summed E-state index contributed by atoms with van der Waals surface area (Å²) in [6.07, 6.45) is 0. The van der Waals surface area contributed by atoms with Crippen molar-refractivity contribution in [3.63, 3.8) is 0 Å². The number of ether oxygens (including phenoxy) is 1. The van der Waals surface area contributed by atoms with Gasteiger partial charge in [0.2, 0.25) is 0 Å². The minimum atomic E-state index is -0.498. The summed E-state index contributed by atoms with van der Waals surface area (Å²) in [5.74, 6) is 0.128. The molecular formula is C15H16N2O3S. The molecule has 0 unspecified atom stereocenters. The van der Waals surface area contributed by atoms with Crippen molar-refractivity contribution < 1.29 is 9.53 Å². The van der Waals surface area contributed by atoms with Crippen LogP contribution in [0.4, 0.5) is 0 Å². The van der Waals surface area contributed by atoms with Crippen LogP contribution in [0, 0.1) is 13.8 Å². The molecule has 0 aliphatic carbocycles. The smallest absolute Gasteiger partial charge is 0.346 e. The second-order valence-corrected chi connectivity index (χ2v) is 5.58. The molecule has 0 aliphatic rings. The highest BCUT2D eigenvalue weighted by molar-refractivity contribution is 7.98. The highest BCUT2D eigenvalue weighted by Gasteiger charge is 2.18. The third-order valence-electron chi connectivity index (χ3n) is 2.97. The summed E-state index contributed by atoms with van der Waals surface area (Å²) >= 11 is 1.35. The molecule has 0 radical (unpaired) electrons. The van der Waals surface area contributed by atoms with Crippen LogP contribution in [0.1, 0.15) is 27.2 Å². The van der Waals surface area contributed by atoms with Crippen LogP contribution in [-0.2, 0) is 10.5 Å². The number of nitrogens with one attached hydrogen (secondary N) is 1. The van der Waals surface area contributed by atoms with E-state index in [1.165, 1.54) is 24.4 Å². The van der Waals surface area contributed by atoms with Crippen molar-refractivity contribution in [3.8, 4) is 0 Å². The highest BCUT2D eigenvalue weighted by atomic mass is 32.2. The number of thioether (sulfide) groups is 1. The fraction of sp³-hybridized carbons (Fsp3) is 0.267. The van der Waals surface area contributed by atoms with E-state index >= 15 is 0 Å². The maximum Gasteiger partial charge on any atom is 0.346 e. The predicted octanol–water partition coefficient (Wildman–Crippen LogP) is 2.47. The van der Waals surface area contributed by atoms with Gasteiger partial charge >= 0.3 is 11.7 Å². The van der Waals surface area contributed by atoms with Crippen LogP contribution in [0.5, 0.6) is 0 Å². The number of aromatic nitrogens is 2. The number of nitrogens with zero attached hydrogens (tertiary/aromatic N) is 1. The van der Waals surface area contributed by atoms with Gasteiger partial charge in [0.15, 0.2) is 0 Å². The van der Waals surface area contributed by atoms with E-state index in [0.29, 0.717) is 22.0 Å². The number of carbonyl (C=O) groups excluding carboxylic acids is 1. The van der Waals surface area contributed by atoms with Gasteiger partial charge in [-0.3, -0.25) is 0 Å². The van der Waals surface area contributed by atoms with Gasteiger partial charge in [-0.2, -0.15) is 4.98 Å². The normalized spacial score (nSPS) is 10.4. The van der Waals surface area contributed by atoms with Crippen molar-refractivity contribution in [3.05, 3.63) is 57.1 Å². The number of rotatable bonds is 4. The molecule has 0 fully saturated rings. The number of aromatic amines is 1. The molecule has 0 saturated carbocycles. The fourth-order valence-corrected chi connectivity index (χ4v) is 2.87. The summed E-state index contributed by atoms with van der Waals surface area (Å²) in [5.41, 5.74) is 2.60. The molecule has 110 valence electrons. The Balaban J connectivity index is 2.28. The Bertz CT molecular complexity index is 708. The number of carbonyl (C=O) groups is 1. The number of hydrogen-bond donors (Lipinski definition) is 1. The van der Waals surface area contributed by atoms with Crippen molar-refractivity contribution in [1.29, 1.82) is 0 Å². The zero-order valence-electron chi connectivity index (χ0n) is 12.1. The standard InChI is InChI=1S/C15H16N2O3S/c1-9-4-6-11(7-5-9)8-21-13-12(14(18)20-3)10(2)16-15(19)17-13/h4-7H,8H2,1-3H3,(H,16,17,19). The minimum absolute atomic E-state index is 0.314. The molecule has 0 amide bonds. The van der Waals surface area contributed by atoms with Crippen LogP contribution in [0.25, 0.3) is 0 Å². The van der Waals surface area contributed by atoms with Crippen LogP contribution in [0.15, 0.2) is 34.1 Å². The third kappa shape index (κ3) is 3.72. The summed E-state index contributed by atoms with van der Waals surface area (Å²) in [7, 11) is 1.31. The van der Waals surface area contributed by atoms with E-state index in [-0.39, 0.29) is 0 Å². The first-order valence-electron chi connectivity index (χ1n) is 6.39. The van der Waals surface area contributed by atoms with Crippen molar-refractivity contribution in [2.24, 2.45) is 0 Å². The van der Waals surface area contributed by atoms with Gasteiger partial charge in [-0.25, -0.2) is 9.59 Å². The molecule has 21 heavy (non-hydrogen) atoms. The number of H-pyrrole nitrogens is 1. The maximum absolute atomic E-state index is 11.8. The van der Waals surface area contributed by atoms with Gasteiger partial charge in [-0.15, -0.1) is 11.8 Å². The molecule has 1 aromatic carbocycles. The minimum Gasteiger partial charge on any atom is -0.465 e. The number of methoxy groups -OCH3 is 1. The Morgan fingerprint density at radius 2 is 1.95 bits per heavy atom. The lowest BCUT2D eigenvalue weighted by atomic mass is 10.2. The highest BCUT2D eigenvalue weighted by Crippen LogP contribution is 2.25. The molecule has 0 saturated heterocycles. The zero-order valence-corrected chi connectivity index (χ0v) is 12.9. The molecule has 0 bridgehead atoms. The van der Waals surface area contributed by atoms with Gasteiger partial charge in [-0.05, 0) is 19.4 Å². The van der Waals surface area contributed by atoms with Gasteiger partial charge in [0, 0.05) is 11.4 Å². The Labute approximate surface area is 126 Å². The first kappa shape index (κ1) is 15.3. The number of esters is 1. The van der Waals surface area contributed by atoms with Crippen LogP contribution in [0.2, 0.25) is 0 Å². The Kier molecular flexibility index (Phi) is 4.80. The van der Waals surface area contributed by atoms with E-state index in [4.69, 9.17) is 4.74 Å². The first-order chi connectivity index (χ1) is 10.0. The number of benzene rings is 1. The van der Waals surface area contributed by atoms with Crippen LogP contribution in [0.3, 0.4) is 0 Å². The van der Waals surface area contributed by atoms with Gasteiger partial charge < -0.3 is 9.72 Å². The van der Waals surface area contributed by atoms with Crippen LogP contribution < -0.4 is 5.69 Å². The topological polar surface area (TPSA) is 72.0 Å². The molecule has 2 aromatic rings. The molecular weight excluding hydrogens is 288 g/mol. The summed E-state index contributed by atoms with van der Waals surface area (Å²) in [6, 6.07) is 8.07. The van der Waals surface area contributed by atoms with Gasteiger partial charge in [0.25, 0.3) is 0 Å². The SMILES string of the molecule is COC(=O)c1c(SCc2ccc(C)cc2)nc(=O)[nH]c1C. The van der Waals surface area contributed by atoms with Gasteiger partial charge in [0.1, 0.15) is 10.6 Å². The molecule has 0 atom stereocenters. The van der Waals surface area contributed by atoms with Crippen molar-refractivity contribution >= 4 is 17.7 Å². The maximum atomic E-state index is 11.8. The van der Waals surface area contributed by atoms with Gasteiger partial charge in [-0.1, -0.05) is 29.8 Å². The molecule has 2 rings (SSSR count). The lowest BCUT2D eigenvalue weighted by Gasteiger charge is -2.09. The largest absolute Gasteiger partial charge is 0.465 e. The second kappa shape index (κ2) is 6.58. The molecule has 6 heteroatoms.